The molecule has 2 nitrogen and oxygen atoms in total. The lowest BCUT2D eigenvalue weighted by molar-refractivity contribution is 0.0645. The summed E-state index contributed by atoms with van der Waals surface area (Å²) < 4.78 is 0. The molecule has 1 aliphatic heterocycles. The van der Waals surface area contributed by atoms with E-state index in [1.807, 2.05) is 0 Å². The third kappa shape index (κ3) is 4.46. The van der Waals surface area contributed by atoms with E-state index < -0.39 is 0 Å². The second-order valence-corrected chi connectivity index (χ2v) is 7.36. The molecule has 0 aromatic carbocycles. The van der Waals surface area contributed by atoms with Gasteiger partial charge in [0.05, 0.1) is 0 Å². The third-order valence-corrected chi connectivity index (χ3v) is 5.72. The van der Waals surface area contributed by atoms with Crippen molar-refractivity contribution in [2.45, 2.75) is 84.2 Å². The Kier molecular flexibility index (Phi) is 6.83. The van der Waals surface area contributed by atoms with Gasteiger partial charge in [-0.25, -0.2) is 0 Å². The molecule has 1 aliphatic carbocycles. The van der Waals surface area contributed by atoms with Crippen molar-refractivity contribution >= 4 is 0 Å². The van der Waals surface area contributed by atoms with Crippen LogP contribution < -0.4 is 5.32 Å². The Hall–Kier alpha value is -0.0800. The van der Waals surface area contributed by atoms with Gasteiger partial charge in [-0.1, -0.05) is 46.5 Å². The summed E-state index contributed by atoms with van der Waals surface area (Å²) in [5.74, 6) is 1.79. The molecule has 1 saturated heterocycles. The van der Waals surface area contributed by atoms with Gasteiger partial charge in [-0.15, -0.1) is 0 Å². The lowest BCUT2D eigenvalue weighted by atomic mass is 9.84. The van der Waals surface area contributed by atoms with Crippen molar-refractivity contribution in [1.29, 1.82) is 0 Å². The highest BCUT2D eigenvalue weighted by atomic mass is 15.2. The molecule has 2 aliphatic rings. The monoisotopic (exact) mass is 280 g/mol. The molecule has 1 saturated carbocycles. The van der Waals surface area contributed by atoms with Gasteiger partial charge in [-0.05, 0) is 50.6 Å². The van der Waals surface area contributed by atoms with Crippen molar-refractivity contribution < 1.29 is 0 Å². The summed E-state index contributed by atoms with van der Waals surface area (Å²) in [4.78, 5) is 2.84. The summed E-state index contributed by atoms with van der Waals surface area (Å²) in [7, 11) is 0. The second kappa shape index (κ2) is 8.38. The van der Waals surface area contributed by atoms with Gasteiger partial charge in [-0.2, -0.15) is 0 Å². The van der Waals surface area contributed by atoms with E-state index in [0.29, 0.717) is 0 Å². The summed E-state index contributed by atoms with van der Waals surface area (Å²) in [6.45, 7) is 11.0. The van der Waals surface area contributed by atoms with Crippen molar-refractivity contribution in [2.24, 2.45) is 11.8 Å². The number of piperidine rings is 1. The van der Waals surface area contributed by atoms with Gasteiger partial charge in [0, 0.05) is 18.6 Å². The van der Waals surface area contributed by atoms with Crippen LogP contribution in [0.1, 0.15) is 72.1 Å². The molecule has 0 bridgehead atoms. The SMILES string of the molecule is CCCNC1CCCCCCC1N1CCC(C)C(C)C1. The number of nitrogens with one attached hydrogen (secondary N) is 1. The van der Waals surface area contributed by atoms with Crippen LogP contribution in [0.15, 0.2) is 0 Å². The van der Waals surface area contributed by atoms with E-state index in [1.54, 1.807) is 0 Å². The lowest BCUT2D eigenvalue weighted by Gasteiger charge is -2.44. The minimum absolute atomic E-state index is 0.746. The highest BCUT2D eigenvalue weighted by Gasteiger charge is 2.32. The van der Waals surface area contributed by atoms with Crippen LogP contribution in [0.4, 0.5) is 0 Å². The van der Waals surface area contributed by atoms with E-state index in [9.17, 15) is 0 Å². The van der Waals surface area contributed by atoms with Gasteiger partial charge in [-0.3, -0.25) is 4.90 Å². The zero-order valence-corrected chi connectivity index (χ0v) is 14.0. The zero-order chi connectivity index (χ0) is 14.4. The van der Waals surface area contributed by atoms with Crippen molar-refractivity contribution in [3.8, 4) is 0 Å². The molecule has 4 unspecified atom stereocenters. The third-order valence-electron chi connectivity index (χ3n) is 5.72. The Morgan fingerprint density at radius 2 is 1.70 bits per heavy atom. The largest absolute Gasteiger partial charge is 0.312 e. The first-order valence-corrected chi connectivity index (χ1v) is 9.19. The number of likely N-dealkylation sites (tertiary alicyclic amines) is 1. The molecule has 0 aromatic heterocycles. The molecule has 0 aromatic rings. The molecule has 0 amide bonds. The lowest BCUT2D eigenvalue weighted by Crippen LogP contribution is -2.54. The molecule has 4 atom stereocenters. The number of nitrogens with zero attached hydrogens (tertiary/aromatic N) is 1. The molecule has 2 rings (SSSR count). The Morgan fingerprint density at radius 1 is 0.950 bits per heavy atom. The summed E-state index contributed by atoms with van der Waals surface area (Å²) in [6.07, 6.45) is 11.2. The number of hydrogen-bond acceptors (Lipinski definition) is 2. The summed E-state index contributed by atoms with van der Waals surface area (Å²) in [6, 6.07) is 1.55. The molecule has 0 radical (unpaired) electrons. The van der Waals surface area contributed by atoms with E-state index in [0.717, 1.165) is 23.9 Å². The van der Waals surface area contributed by atoms with Gasteiger partial charge < -0.3 is 5.32 Å². The van der Waals surface area contributed by atoms with Crippen molar-refractivity contribution in [3.63, 3.8) is 0 Å². The fraction of sp³-hybridized carbons (Fsp3) is 1.00. The van der Waals surface area contributed by atoms with Crippen LogP contribution in [0, 0.1) is 11.8 Å². The number of rotatable bonds is 4. The van der Waals surface area contributed by atoms with Crippen LogP contribution in [0.5, 0.6) is 0 Å². The minimum Gasteiger partial charge on any atom is -0.312 e. The van der Waals surface area contributed by atoms with Gasteiger partial charge in [0.1, 0.15) is 0 Å². The van der Waals surface area contributed by atoms with E-state index in [1.165, 1.54) is 71.0 Å². The first kappa shape index (κ1) is 16.3. The maximum atomic E-state index is 3.87. The topological polar surface area (TPSA) is 15.3 Å². The summed E-state index contributed by atoms with van der Waals surface area (Å²) >= 11 is 0. The highest BCUT2D eigenvalue weighted by molar-refractivity contribution is 4.89. The molecule has 2 heteroatoms. The number of hydrogen-bond donors (Lipinski definition) is 1. The van der Waals surface area contributed by atoms with Gasteiger partial charge in [0.25, 0.3) is 0 Å². The Bertz CT molecular complexity index is 259. The van der Waals surface area contributed by atoms with Gasteiger partial charge in [0.2, 0.25) is 0 Å². The molecule has 118 valence electrons. The standard InChI is InChI=1S/C18H36N2/c1-4-12-19-17-9-7-5-6-8-10-18(17)20-13-11-15(2)16(3)14-20/h15-19H,4-14H2,1-3H3. The van der Waals surface area contributed by atoms with E-state index in [-0.39, 0.29) is 0 Å². The Labute approximate surface area is 126 Å². The molecular weight excluding hydrogens is 244 g/mol. The van der Waals surface area contributed by atoms with Crippen LogP contribution in [0.3, 0.4) is 0 Å². The van der Waals surface area contributed by atoms with Gasteiger partial charge >= 0.3 is 0 Å². The molecule has 1 heterocycles. The summed E-state index contributed by atoms with van der Waals surface area (Å²) in [5, 5.41) is 3.87. The van der Waals surface area contributed by atoms with Crippen molar-refractivity contribution in [3.05, 3.63) is 0 Å². The van der Waals surface area contributed by atoms with Crippen LogP contribution in [0.25, 0.3) is 0 Å². The molecule has 1 N–H and O–H groups in total. The molecule has 2 fully saturated rings. The molecule has 20 heavy (non-hydrogen) atoms. The van der Waals surface area contributed by atoms with Crippen LogP contribution >= 0.6 is 0 Å². The Balaban J connectivity index is 1.98. The maximum absolute atomic E-state index is 3.87. The predicted molar refractivity (Wildman–Crippen MR) is 88.1 cm³/mol. The van der Waals surface area contributed by atoms with Crippen LogP contribution in [0.2, 0.25) is 0 Å². The minimum atomic E-state index is 0.746. The summed E-state index contributed by atoms with van der Waals surface area (Å²) in [5.41, 5.74) is 0. The predicted octanol–water partition coefficient (Wildman–Crippen LogP) is 4.06. The van der Waals surface area contributed by atoms with Crippen molar-refractivity contribution in [1.82, 2.24) is 10.2 Å². The highest BCUT2D eigenvalue weighted by Crippen LogP contribution is 2.29. The fourth-order valence-electron chi connectivity index (χ4n) is 4.07. The second-order valence-electron chi connectivity index (χ2n) is 7.36. The van der Waals surface area contributed by atoms with E-state index >= 15 is 0 Å². The average Bonchev–Trinajstić information content (AvgIpc) is 2.41. The van der Waals surface area contributed by atoms with Crippen LogP contribution in [-0.2, 0) is 0 Å². The van der Waals surface area contributed by atoms with Crippen LogP contribution in [-0.4, -0.2) is 36.6 Å². The quantitative estimate of drug-likeness (QED) is 0.835. The fourth-order valence-corrected chi connectivity index (χ4v) is 4.07. The molecule has 0 spiro atoms. The van der Waals surface area contributed by atoms with E-state index in [4.69, 9.17) is 0 Å². The smallest absolute Gasteiger partial charge is 0.0249 e. The Morgan fingerprint density at radius 3 is 2.40 bits per heavy atom. The normalized spacial score (nSPS) is 37.4. The zero-order valence-electron chi connectivity index (χ0n) is 14.0. The van der Waals surface area contributed by atoms with Gasteiger partial charge in [0.15, 0.2) is 0 Å². The molecular formula is C18H36N2. The average molecular weight is 280 g/mol. The van der Waals surface area contributed by atoms with Crippen molar-refractivity contribution in [2.75, 3.05) is 19.6 Å². The van der Waals surface area contributed by atoms with E-state index in [2.05, 4.69) is 31.0 Å². The first-order valence-electron chi connectivity index (χ1n) is 9.19. The first-order chi connectivity index (χ1) is 9.72. The maximum Gasteiger partial charge on any atom is 0.0249 e.